The maximum absolute atomic E-state index is 13.0. The molecule has 0 aliphatic heterocycles. The molecule has 5 rings (SSSR count). The SMILES string of the molecule is Cc1cccc(C=C2CCc3c2oc2ccc(-c4nn[nH]n4)cc2c3=O)c1. The van der Waals surface area contributed by atoms with Crippen LogP contribution in [0.2, 0.25) is 0 Å². The van der Waals surface area contributed by atoms with Gasteiger partial charge in [0, 0.05) is 11.1 Å². The van der Waals surface area contributed by atoms with E-state index in [1.165, 1.54) is 5.56 Å². The van der Waals surface area contributed by atoms with Crippen molar-refractivity contribution in [2.24, 2.45) is 0 Å². The fourth-order valence-electron chi connectivity index (χ4n) is 3.62. The number of fused-ring (bicyclic) bond motifs is 2. The van der Waals surface area contributed by atoms with Gasteiger partial charge in [-0.2, -0.15) is 5.21 Å². The summed E-state index contributed by atoms with van der Waals surface area (Å²) in [6.45, 7) is 2.07. The molecule has 1 aliphatic rings. The first kappa shape index (κ1) is 15.7. The van der Waals surface area contributed by atoms with Gasteiger partial charge < -0.3 is 4.42 Å². The Morgan fingerprint density at radius 2 is 2.07 bits per heavy atom. The van der Waals surface area contributed by atoms with Gasteiger partial charge in [0.05, 0.1) is 5.39 Å². The summed E-state index contributed by atoms with van der Waals surface area (Å²) in [4.78, 5) is 13.0. The van der Waals surface area contributed by atoms with Gasteiger partial charge in [-0.1, -0.05) is 29.8 Å². The molecular formula is C21H16N4O2. The minimum atomic E-state index is 0.0178. The predicted molar refractivity (Wildman–Crippen MR) is 103 cm³/mol. The van der Waals surface area contributed by atoms with Crippen LogP contribution in [0.4, 0.5) is 0 Å². The lowest BCUT2D eigenvalue weighted by atomic mass is 10.1. The molecule has 6 heteroatoms. The van der Waals surface area contributed by atoms with Crippen LogP contribution >= 0.6 is 0 Å². The maximum Gasteiger partial charge on any atom is 0.204 e. The summed E-state index contributed by atoms with van der Waals surface area (Å²) >= 11 is 0. The Balaban J connectivity index is 1.65. The third-order valence-corrected chi connectivity index (χ3v) is 4.91. The molecule has 132 valence electrons. The van der Waals surface area contributed by atoms with E-state index in [0.29, 0.717) is 29.0 Å². The molecule has 0 atom stereocenters. The first-order chi connectivity index (χ1) is 13.2. The molecule has 0 fully saturated rings. The van der Waals surface area contributed by atoms with Crippen molar-refractivity contribution >= 4 is 22.6 Å². The number of hydrogen-bond acceptors (Lipinski definition) is 5. The molecule has 0 saturated heterocycles. The van der Waals surface area contributed by atoms with Crippen molar-refractivity contribution in [2.45, 2.75) is 19.8 Å². The van der Waals surface area contributed by atoms with Gasteiger partial charge in [-0.25, -0.2) is 0 Å². The van der Waals surface area contributed by atoms with E-state index in [9.17, 15) is 4.79 Å². The molecule has 0 spiro atoms. The van der Waals surface area contributed by atoms with Crippen LogP contribution in [0, 0.1) is 6.92 Å². The van der Waals surface area contributed by atoms with Crippen molar-refractivity contribution in [3.63, 3.8) is 0 Å². The van der Waals surface area contributed by atoms with Crippen molar-refractivity contribution in [1.82, 2.24) is 20.6 Å². The molecule has 2 heterocycles. The van der Waals surface area contributed by atoms with Crippen LogP contribution in [-0.4, -0.2) is 20.6 Å². The molecule has 6 nitrogen and oxygen atoms in total. The van der Waals surface area contributed by atoms with Crippen molar-refractivity contribution in [2.75, 3.05) is 0 Å². The number of H-pyrrole nitrogens is 1. The zero-order chi connectivity index (χ0) is 18.4. The highest BCUT2D eigenvalue weighted by Gasteiger charge is 2.24. The monoisotopic (exact) mass is 356 g/mol. The molecular weight excluding hydrogens is 340 g/mol. The zero-order valence-corrected chi connectivity index (χ0v) is 14.7. The number of nitrogens with one attached hydrogen (secondary N) is 1. The molecule has 2 aromatic carbocycles. The van der Waals surface area contributed by atoms with Crippen molar-refractivity contribution < 1.29 is 4.42 Å². The summed E-state index contributed by atoms with van der Waals surface area (Å²) < 4.78 is 6.14. The smallest absolute Gasteiger partial charge is 0.204 e. The van der Waals surface area contributed by atoms with Gasteiger partial charge in [-0.3, -0.25) is 4.79 Å². The highest BCUT2D eigenvalue weighted by Crippen LogP contribution is 2.34. The standard InChI is InChI=1S/C21H16N4O2/c1-12-3-2-4-13(9-12)10-14-5-7-16-19(26)17-11-15(21-22-24-25-23-21)6-8-18(17)27-20(14)16/h2-4,6,8-11H,5,7H2,1H3,(H,22,23,24,25). The summed E-state index contributed by atoms with van der Waals surface area (Å²) in [6.07, 6.45) is 3.61. The van der Waals surface area contributed by atoms with Crippen LogP contribution in [0.25, 0.3) is 34.0 Å². The molecule has 0 bridgehead atoms. The van der Waals surface area contributed by atoms with E-state index in [1.807, 2.05) is 12.1 Å². The largest absolute Gasteiger partial charge is 0.456 e. The number of nitrogens with zero attached hydrogens (tertiary/aromatic N) is 3. The minimum Gasteiger partial charge on any atom is -0.456 e. The summed E-state index contributed by atoms with van der Waals surface area (Å²) in [7, 11) is 0. The fourth-order valence-corrected chi connectivity index (χ4v) is 3.62. The molecule has 0 saturated carbocycles. The number of tetrazole rings is 1. The lowest BCUT2D eigenvalue weighted by Gasteiger charge is -2.05. The second-order valence-corrected chi connectivity index (χ2v) is 6.77. The number of rotatable bonds is 2. The van der Waals surface area contributed by atoms with E-state index in [1.54, 1.807) is 12.1 Å². The number of aromatic nitrogens is 4. The van der Waals surface area contributed by atoms with E-state index in [-0.39, 0.29) is 5.43 Å². The molecule has 27 heavy (non-hydrogen) atoms. The summed E-state index contributed by atoms with van der Waals surface area (Å²) in [5.41, 5.74) is 5.46. The van der Waals surface area contributed by atoms with E-state index >= 15 is 0 Å². The molecule has 2 aromatic heterocycles. The first-order valence-electron chi connectivity index (χ1n) is 8.80. The average Bonchev–Trinajstić information content (AvgIpc) is 3.33. The molecule has 0 radical (unpaired) electrons. The van der Waals surface area contributed by atoms with E-state index < -0.39 is 0 Å². The van der Waals surface area contributed by atoms with Crippen LogP contribution in [0.5, 0.6) is 0 Å². The van der Waals surface area contributed by atoms with Gasteiger partial charge >= 0.3 is 0 Å². The first-order valence-corrected chi connectivity index (χ1v) is 8.80. The number of hydrogen-bond donors (Lipinski definition) is 1. The predicted octanol–water partition coefficient (Wildman–Crippen LogP) is 3.77. The maximum atomic E-state index is 13.0. The van der Waals surface area contributed by atoms with Crippen LogP contribution in [-0.2, 0) is 6.42 Å². The Morgan fingerprint density at radius 1 is 1.15 bits per heavy atom. The van der Waals surface area contributed by atoms with E-state index in [0.717, 1.165) is 28.7 Å². The second-order valence-electron chi connectivity index (χ2n) is 6.77. The number of aromatic amines is 1. The summed E-state index contributed by atoms with van der Waals surface area (Å²) in [5, 5.41) is 14.5. The Kier molecular flexibility index (Phi) is 3.50. The van der Waals surface area contributed by atoms with Gasteiger partial charge in [-0.05, 0) is 60.4 Å². The molecule has 4 aromatic rings. The summed E-state index contributed by atoms with van der Waals surface area (Å²) in [6, 6.07) is 13.7. The van der Waals surface area contributed by atoms with Crippen LogP contribution in [0.1, 0.15) is 28.9 Å². The second kappa shape index (κ2) is 6.02. The van der Waals surface area contributed by atoms with Gasteiger partial charge in [0.2, 0.25) is 5.82 Å². The van der Waals surface area contributed by atoms with E-state index in [2.05, 4.69) is 51.8 Å². The van der Waals surface area contributed by atoms with Gasteiger partial charge in [0.25, 0.3) is 0 Å². The molecule has 0 amide bonds. The molecule has 1 N–H and O–H groups in total. The third kappa shape index (κ3) is 2.66. The third-order valence-electron chi connectivity index (χ3n) is 4.91. The van der Waals surface area contributed by atoms with Crippen molar-refractivity contribution in [3.05, 3.63) is 75.1 Å². The quantitative estimate of drug-likeness (QED) is 0.591. The Bertz CT molecular complexity index is 1250. The lowest BCUT2D eigenvalue weighted by Crippen LogP contribution is -2.08. The van der Waals surface area contributed by atoms with Crippen molar-refractivity contribution in [3.8, 4) is 11.4 Å². The Labute approximate surface area is 154 Å². The average molecular weight is 356 g/mol. The lowest BCUT2D eigenvalue weighted by molar-refractivity contribution is 0.585. The molecule has 0 unspecified atom stereocenters. The van der Waals surface area contributed by atoms with Crippen molar-refractivity contribution in [1.29, 1.82) is 0 Å². The number of aryl methyl sites for hydroxylation is 1. The van der Waals surface area contributed by atoms with Gasteiger partial charge in [-0.15, -0.1) is 10.2 Å². The minimum absolute atomic E-state index is 0.0178. The Morgan fingerprint density at radius 3 is 2.89 bits per heavy atom. The Hall–Kier alpha value is -3.54. The van der Waals surface area contributed by atoms with Crippen LogP contribution < -0.4 is 5.43 Å². The zero-order valence-electron chi connectivity index (χ0n) is 14.7. The normalized spacial score (nSPS) is 14.8. The van der Waals surface area contributed by atoms with E-state index in [4.69, 9.17) is 4.42 Å². The fraction of sp³-hybridized carbons (Fsp3) is 0.143. The highest BCUT2D eigenvalue weighted by atomic mass is 16.3. The topological polar surface area (TPSA) is 84.7 Å². The highest BCUT2D eigenvalue weighted by molar-refractivity contribution is 5.88. The number of benzene rings is 2. The van der Waals surface area contributed by atoms with Crippen LogP contribution in [0.15, 0.2) is 51.7 Å². The van der Waals surface area contributed by atoms with Crippen LogP contribution in [0.3, 0.4) is 0 Å². The van der Waals surface area contributed by atoms with Gasteiger partial charge in [0.15, 0.2) is 5.43 Å². The summed E-state index contributed by atoms with van der Waals surface area (Å²) in [5.74, 6) is 1.16. The van der Waals surface area contributed by atoms with Gasteiger partial charge in [0.1, 0.15) is 11.3 Å². The number of allylic oxidation sites excluding steroid dienone is 1. The molecule has 1 aliphatic carbocycles.